The third kappa shape index (κ3) is 2.03. The van der Waals surface area contributed by atoms with Crippen LogP contribution in [0.5, 0.6) is 11.5 Å². The Labute approximate surface area is 129 Å². The predicted octanol–water partition coefficient (Wildman–Crippen LogP) is 3.17. The lowest BCUT2D eigenvalue weighted by atomic mass is 9.92. The fraction of sp³-hybridized carbons (Fsp3) is 0.278. The minimum absolute atomic E-state index is 0.0333. The van der Waals surface area contributed by atoms with Crippen LogP contribution in [-0.4, -0.2) is 24.1 Å². The first kappa shape index (κ1) is 13.2. The van der Waals surface area contributed by atoms with Crippen LogP contribution in [-0.2, 0) is 6.42 Å². The standard InChI is InChI=1S/C18H17NO3/c1-12-15-10-17-16(21-11-22-17)9-14(15)7-8-19(12)18(20)13-5-3-2-4-6-13/h2-6,9-10,12H,7-8,11H2,1H3. The van der Waals surface area contributed by atoms with E-state index in [1.165, 1.54) is 5.56 Å². The summed E-state index contributed by atoms with van der Waals surface area (Å²) >= 11 is 0. The lowest BCUT2D eigenvalue weighted by Crippen LogP contribution is -2.38. The molecular weight excluding hydrogens is 278 g/mol. The van der Waals surface area contributed by atoms with Crippen molar-refractivity contribution in [1.29, 1.82) is 0 Å². The van der Waals surface area contributed by atoms with Gasteiger partial charge >= 0.3 is 0 Å². The van der Waals surface area contributed by atoms with Crippen LogP contribution in [0.15, 0.2) is 42.5 Å². The lowest BCUT2D eigenvalue weighted by molar-refractivity contribution is 0.0677. The first-order chi connectivity index (χ1) is 10.7. The molecule has 4 rings (SSSR count). The van der Waals surface area contributed by atoms with Crippen molar-refractivity contribution in [2.75, 3.05) is 13.3 Å². The number of ether oxygens (including phenoxy) is 2. The first-order valence-electron chi connectivity index (χ1n) is 7.52. The van der Waals surface area contributed by atoms with E-state index in [2.05, 4.69) is 13.0 Å². The highest BCUT2D eigenvalue weighted by Crippen LogP contribution is 2.40. The highest BCUT2D eigenvalue weighted by molar-refractivity contribution is 5.94. The summed E-state index contributed by atoms with van der Waals surface area (Å²) in [4.78, 5) is 14.7. The molecule has 4 heteroatoms. The molecule has 0 saturated heterocycles. The summed E-state index contributed by atoms with van der Waals surface area (Å²) in [5, 5.41) is 0. The molecule has 0 aliphatic carbocycles. The summed E-state index contributed by atoms with van der Waals surface area (Å²) in [6.45, 7) is 3.07. The predicted molar refractivity (Wildman–Crippen MR) is 82.2 cm³/mol. The highest BCUT2D eigenvalue weighted by atomic mass is 16.7. The topological polar surface area (TPSA) is 38.8 Å². The number of carbonyl (C=O) groups is 1. The molecule has 2 aliphatic rings. The van der Waals surface area contributed by atoms with Crippen molar-refractivity contribution in [2.45, 2.75) is 19.4 Å². The van der Waals surface area contributed by atoms with Crippen molar-refractivity contribution < 1.29 is 14.3 Å². The van der Waals surface area contributed by atoms with Crippen LogP contribution in [0.2, 0.25) is 0 Å². The van der Waals surface area contributed by atoms with Crippen LogP contribution in [0.1, 0.15) is 34.5 Å². The summed E-state index contributed by atoms with van der Waals surface area (Å²) in [6, 6.07) is 13.6. The number of hydrogen-bond donors (Lipinski definition) is 0. The summed E-state index contributed by atoms with van der Waals surface area (Å²) in [7, 11) is 0. The van der Waals surface area contributed by atoms with Gasteiger partial charge in [0.2, 0.25) is 6.79 Å². The maximum atomic E-state index is 12.7. The molecular formula is C18H17NO3. The fourth-order valence-electron chi connectivity index (χ4n) is 3.23. The van der Waals surface area contributed by atoms with E-state index in [1.54, 1.807) is 0 Å². The van der Waals surface area contributed by atoms with Gasteiger partial charge in [-0.25, -0.2) is 0 Å². The third-order valence-electron chi connectivity index (χ3n) is 4.46. The molecule has 0 radical (unpaired) electrons. The van der Waals surface area contributed by atoms with Gasteiger partial charge in [-0.05, 0) is 48.7 Å². The number of carbonyl (C=O) groups excluding carboxylic acids is 1. The van der Waals surface area contributed by atoms with Crippen LogP contribution in [0, 0.1) is 0 Å². The lowest BCUT2D eigenvalue weighted by Gasteiger charge is -2.35. The van der Waals surface area contributed by atoms with Crippen molar-refractivity contribution in [1.82, 2.24) is 4.90 Å². The van der Waals surface area contributed by atoms with E-state index >= 15 is 0 Å². The van der Waals surface area contributed by atoms with Crippen LogP contribution in [0.3, 0.4) is 0 Å². The molecule has 112 valence electrons. The first-order valence-corrected chi connectivity index (χ1v) is 7.52. The van der Waals surface area contributed by atoms with Gasteiger partial charge in [0.15, 0.2) is 11.5 Å². The summed E-state index contributed by atoms with van der Waals surface area (Å²) in [5.41, 5.74) is 3.13. The Morgan fingerprint density at radius 2 is 1.86 bits per heavy atom. The number of benzene rings is 2. The molecule has 1 atom stereocenters. The molecule has 0 N–H and O–H groups in total. The van der Waals surface area contributed by atoms with Gasteiger partial charge in [-0.3, -0.25) is 4.79 Å². The van der Waals surface area contributed by atoms with Gasteiger partial charge in [-0.2, -0.15) is 0 Å². The maximum Gasteiger partial charge on any atom is 0.254 e. The molecule has 2 aromatic carbocycles. The van der Waals surface area contributed by atoms with E-state index in [-0.39, 0.29) is 18.7 Å². The summed E-state index contributed by atoms with van der Waals surface area (Å²) in [5.74, 6) is 1.67. The Kier molecular flexibility index (Phi) is 3.03. The van der Waals surface area contributed by atoms with Crippen LogP contribution in [0.4, 0.5) is 0 Å². The van der Waals surface area contributed by atoms with Gasteiger partial charge in [-0.1, -0.05) is 18.2 Å². The third-order valence-corrected chi connectivity index (χ3v) is 4.46. The molecule has 2 aliphatic heterocycles. The second kappa shape index (κ2) is 5.05. The molecule has 0 saturated carbocycles. The fourth-order valence-corrected chi connectivity index (χ4v) is 3.23. The number of fused-ring (bicyclic) bond motifs is 2. The molecule has 2 heterocycles. The zero-order chi connectivity index (χ0) is 15.1. The monoisotopic (exact) mass is 295 g/mol. The highest BCUT2D eigenvalue weighted by Gasteiger charge is 2.30. The Morgan fingerprint density at radius 1 is 1.14 bits per heavy atom. The smallest absolute Gasteiger partial charge is 0.254 e. The van der Waals surface area contributed by atoms with Crippen molar-refractivity contribution in [3.63, 3.8) is 0 Å². The molecule has 0 spiro atoms. The van der Waals surface area contributed by atoms with Crippen molar-refractivity contribution in [3.8, 4) is 11.5 Å². The normalized spacial score (nSPS) is 19.0. The average Bonchev–Trinajstić information content (AvgIpc) is 3.01. The van der Waals surface area contributed by atoms with Crippen molar-refractivity contribution in [2.24, 2.45) is 0 Å². The van der Waals surface area contributed by atoms with E-state index in [0.29, 0.717) is 0 Å². The molecule has 0 fully saturated rings. The molecule has 1 amide bonds. The number of rotatable bonds is 1. The second-order valence-corrected chi connectivity index (χ2v) is 5.69. The molecule has 4 nitrogen and oxygen atoms in total. The van der Waals surface area contributed by atoms with Gasteiger partial charge < -0.3 is 14.4 Å². The van der Waals surface area contributed by atoms with Crippen molar-refractivity contribution in [3.05, 3.63) is 59.2 Å². The second-order valence-electron chi connectivity index (χ2n) is 5.69. The van der Waals surface area contributed by atoms with Crippen LogP contribution < -0.4 is 9.47 Å². The van der Waals surface area contributed by atoms with E-state index in [9.17, 15) is 4.79 Å². The minimum Gasteiger partial charge on any atom is -0.454 e. The summed E-state index contributed by atoms with van der Waals surface area (Å²) in [6.07, 6.45) is 0.842. The molecule has 1 unspecified atom stereocenters. The quantitative estimate of drug-likeness (QED) is 0.811. The average molecular weight is 295 g/mol. The van der Waals surface area contributed by atoms with E-state index < -0.39 is 0 Å². The van der Waals surface area contributed by atoms with Gasteiger partial charge in [0.05, 0.1) is 6.04 Å². The minimum atomic E-state index is 0.0333. The van der Waals surface area contributed by atoms with Crippen LogP contribution >= 0.6 is 0 Å². The Hall–Kier alpha value is -2.49. The SMILES string of the molecule is CC1c2cc3c(cc2CCN1C(=O)c1ccccc1)OCO3. The Bertz CT molecular complexity index is 727. The van der Waals surface area contributed by atoms with E-state index in [4.69, 9.17) is 9.47 Å². The number of nitrogens with zero attached hydrogens (tertiary/aromatic N) is 1. The van der Waals surface area contributed by atoms with Gasteiger partial charge in [0, 0.05) is 12.1 Å². The van der Waals surface area contributed by atoms with E-state index in [0.717, 1.165) is 35.6 Å². The molecule has 2 aromatic rings. The zero-order valence-corrected chi connectivity index (χ0v) is 12.4. The number of hydrogen-bond acceptors (Lipinski definition) is 3. The molecule has 0 bridgehead atoms. The van der Waals surface area contributed by atoms with Gasteiger partial charge in [0.1, 0.15) is 0 Å². The zero-order valence-electron chi connectivity index (χ0n) is 12.4. The largest absolute Gasteiger partial charge is 0.454 e. The summed E-state index contributed by atoms with van der Waals surface area (Å²) < 4.78 is 10.9. The molecule has 22 heavy (non-hydrogen) atoms. The molecule has 0 aromatic heterocycles. The van der Waals surface area contributed by atoms with Gasteiger partial charge in [0.25, 0.3) is 5.91 Å². The number of amides is 1. The Balaban J connectivity index is 1.67. The van der Waals surface area contributed by atoms with E-state index in [1.807, 2.05) is 41.3 Å². The van der Waals surface area contributed by atoms with Gasteiger partial charge in [-0.15, -0.1) is 0 Å². The van der Waals surface area contributed by atoms with Crippen molar-refractivity contribution >= 4 is 5.91 Å². The Morgan fingerprint density at radius 3 is 2.64 bits per heavy atom. The maximum absolute atomic E-state index is 12.7. The van der Waals surface area contributed by atoms with Crippen LogP contribution in [0.25, 0.3) is 0 Å².